The summed E-state index contributed by atoms with van der Waals surface area (Å²) in [6.07, 6.45) is 5.21. The van der Waals surface area contributed by atoms with Gasteiger partial charge in [-0.1, -0.05) is 0 Å². The Morgan fingerprint density at radius 2 is 2.06 bits per heavy atom. The van der Waals surface area contributed by atoms with E-state index in [-0.39, 0.29) is 17.6 Å². The van der Waals surface area contributed by atoms with E-state index >= 15 is 0 Å². The molecule has 3 aliphatic heterocycles. The monoisotopic (exact) mass is 253 g/mol. The molecule has 3 rings (SSSR count). The van der Waals surface area contributed by atoms with E-state index in [4.69, 9.17) is 4.74 Å². The molecule has 0 radical (unpaired) electrons. The van der Waals surface area contributed by atoms with Gasteiger partial charge in [0, 0.05) is 24.7 Å². The molecule has 0 aromatic rings. The first-order chi connectivity index (χ1) is 8.48. The Morgan fingerprint density at radius 1 is 1.28 bits per heavy atom. The Kier molecular flexibility index (Phi) is 2.90. The fourth-order valence-corrected chi connectivity index (χ4v) is 4.32. The zero-order valence-electron chi connectivity index (χ0n) is 11.3. The van der Waals surface area contributed by atoms with Crippen molar-refractivity contribution in [2.24, 2.45) is 5.92 Å². The summed E-state index contributed by atoms with van der Waals surface area (Å²) in [5.41, 5.74) is -0.0519. The van der Waals surface area contributed by atoms with Gasteiger partial charge >= 0.3 is 5.97 Å². The molecule has 0 spiro atoms. The lowest BCUT2D eigenvalue weighted by molar-refractivity contribution is -0.143. The first kappa shape index (κ1) is 12.4. The number of fused-ring (bicyclic) bond motifs is 2. The number of aliphatic carboxylic acids is 1. The summed E-state index contributed by atoms with van der Waals surface area (Å²) in [4.78, 5) is 13.8. The topological polar surface area (TPSA) is 49.8 Å². The normalized spacial score (nSPS) is 43.2. The molecule has 3 saturated heterocycles. The van der Waals surface area contributed by atoms with Crippen LogP contribution in [0.2, 0.25) is 0 Å². The van der Waals surface area contributed by atoms with Gasteiger partial charge in [0.05, 0.1) is 11.5 Å². The van der Waals surface area contributed by atoms with Gasteiger partial charge in [-0.05, 0) is 46.0 Å². The molecule has 0 saturated carbocycles. The third-order valence-electron chi connectivity index (χ3n) is 5.00. The third kappa shape index (κ3) is 1.95. The highest BCUT2D eigenvalue weighted by molar-refractivity contribution is 5.71. The van der Waals surface area contributed by atoms with Crippen molar-refractivity contribution < 1.29 is 14.6 Å². The molecule has 3 heterocycles. The van der Waals surface area contributed by atoms with Crippen LogP contribution in [-0.4, -0.2) is 46.3 Å². The molecule has 4 unspecified atom stereocenters. The summed E-state index contributed by atoms with van der Waals surface area (Å²) < 4.78 is 5.78. The van der Waals surface area contributed by atoms with Crippen LogP contribution in [0.3, 0.4) is 0 Å². The average Bonchev–Trinajstić information content (AvgIpc) is 2.84. The van der Waals surface area contributed by atoms with E-state index in [0.29, 0.717) is 12.1 Å². The standard InChI is InChI=1S/C14H23NO3/c1-14(2)8-10(5-6-18-14)15-9-3-4-12(15)11(7-9)13(16)17/h9-12H,3-8H2,1-2H3,(H,16,17). The zero-order chi connectivity index (χ0) is 12.9. The van der Waals surface area contributed by atoms with Crippen LogP contribution in [0.25, 0.3) is 0 Å². The van der Waals surface area contributed by atoms with E-state index in [1.54, 1.807) is 0 Å². The first-order valence-electron chi connectivity index (χ1n) is 7.12. The van der Waals surface area contributed by atoms with E-state index in [1.807, 2.05) is 0 Å². The van der Waals surface area contributed by atoms with Crippen LogP contribution >= 0.6 is 0 Å². The van der Waals surface area contributed by atoms with Crippen molar-refractivity contribution in [2.75, 3.05) is 6.61 Å². The second-order valence-corrected chi connectivity index (χ2v) is 6.68. The lowest BCUT2D eigenvalue weighted by Gasteiger charge is -2.42. The minimum absolute atomic E-state index is 0.0519. The highest BCUT2D eigenvalue weighted by Crippen LogP contribution is 2.45. The lowest BCUT2D eigenvalue weighted by Crippen LogP contribution is -2.48. The van der Waals surface area contributed by atoms with Gasteiger partial charge in [0.15, 0.2) is 0 Å². The summed E-state index contributed by atoms with van der Waals surface area (Å²) >= 11 is 0. The van der Waals surface area contributed by atoms with Crippen molar-refractivity contribution >= 4 is 5.97 Å². The molecule has 0 aromatic heterocycles. The van der Waals surface area contributed by atoms with Crippen LogP contribution in [0.5, 0.6) is 0 Å². The van der Waals surface area contributed by atoms with E-state index in [9.17, 15) is 9.90 Å². The molecule has 0 aromatic carbocycles. The quantitative estimate of drug-likeness (QED) is 0.816. The third-order valence-corrected chi connectivity index (χ3v) is 5.00. The zero-order valence-corrected chi connectivity index (χ0v) is 11.3. The van der Waals surface area contributed by atoms with Crippen molar-refractivity contribution in [1.82, 2.24) is 4.90 Å². The molecule has 4 heteroatoms. The molecule has 0 amide bonds. The second kappa shape index (κ2) is 4.20. The molecule has 4 atom stereocenters. The van der Waals surface area contributed by atoms with Gasteiger partial charge in [0.1, 0.15) is 0 Å². The van der Waals surface area contributed by atoms with Crippen LogP contribution in [0.15, 0.2) is 0 Å². The first-order valence-corrected chi connectivity index (χ1v) is 7.12. The van der Waals surface area contributed by atoms with Crippen molar-refractivity contribution in [3.63, 3.8) is 0 Å². The van der Waals surface area contributed by atoms with Crippen molar-refractivity contribution in [3.05, 3.63) is 0 Å². The van der Waals surface area contributed by atoms with Crippen LogP contribution in [0.4, 0.5) is 0 Å². The average molecular weight is 253 g/mol. The van der Waals surface area contributed by atoms with Gasteiger partial charge in [-0.15, -0.1) is 0 Å². The minimum Gasteiger partial charge on any atom is -0.481 e. The molecule has 4 nitrogen and oxygen atoms in total. The molecule has 0 aliphatic carbocycles. The number of carbonyl (C=O) groups is 1. The molecule has 3 aliphatic rings. The Morgan fingerprint density at radius 3 is 2.67 bits per heavy atom. The van der Waals surface area contributed by atoms with Gasteiger partial charge in [-0.3, -0.25) is 9.69 Å². The van der Waals surface area contributed by atoms with Gasteiger partial charge in [-0.2, -0.15) is 0 Å². The smallest absolute Gasteiger partial charge is 0.308 e. The number of hydrogen-bond donors (Lipinski definition) is 1. The SMILES string of the molecule is CC1(C)CC(N2C3CCC2C(C(=O)O)C3)CCO1. The van der Waals surface area contributed by atoms with Crippen LogP contribution in [0, 0.1) is 5.92 Å². The number of hydrogen-bond acceptors (Lipinski definition) is 3. The van der Waals surface area contributed by atoms with Crippen LogP contribution < -0.4 is 0 Å². The number of carboxylic acids is 1. The Hall–Kier alpha value is -0.610. The number of carboxylic acid groups (broad SMARTS) is 1. The number of ether oxygens (including phenoxy) is 1. The van der Waals surface area contributed by atoms with Gasteiger partial charge in [0.2, 0.25) is 0 Å². The number of nitrogens with zero attached hydrogens (tertiary/aromatic N) is 1. The molecular weight excluding hydrogens is 230 g/mol. The van der Waals surface area contributed by atoms with Crippen LogP contribution in [0.1, 0.15) is 46.0 Å². The predicted molar refractivity (Wildman–Crippen MR) is 67.4 cm³/mol. The lowest BCUT2D eigenvalue weighted by atomic mass is 9.89. The van der Waals surface area contributed by atoms with Gasteiger partial charge < -0.3 is 9.84 Å². The summed E-state index contributed by atoms with van der Waals surface area (Å²) in [6.45, 7) is 5.10. The molecule has 2 bridgehead atoms. The fraction of sp³-hybridized carbons (Fsp3) is 0.929. The minimum atomic E-state index is -0.599. The highest BCUT2D eigenvalue weighted by atomic mass is 16.5. The van der Waals surface area contributed by atoms with Gasteiger partial charge in [-0.25, -0.2) is 0 Å². The number of rotatable bonds is 2. The maximum absolute atomic E-state index is 11.3. The Labute approximate surface area is 108 Å². The summed E-state index contributed by atoms with van der Waals surface area (Å²) in [5.74, 6) is -0.728. The summed E-state index contributed by atoms with van der Waals surface area (Å²) in [7, 11) is 0. The van der Waals surface area contributed by atoms with Crippen LogP contribution in [-0.2, 0) is 9.53 Å². The molecule has 18 heavy (non-hydrogen) atoms. The maximum Gasteiger partial charge on any atom is 0.308 e. The highest BCUT2D eigenvalue weighted by Gasteiger charge is 2.52. The van der Waals surface area contributed by atoms with Crippen molar-refractivity contribution in [1.29, 1.82) is 0 Å². The Balaban J connectivity index is 1.75. The predicted octanol–water partition coefficient (Wildman–Crippen LogP) is 1.88. The molecular formula is C14H23NO3. The molecule has 3 fully saturated rings. The summed E-state index contributed by atoms with van der Waals surface area (Å²) in [5, 5.41) is 9.30. The fourth-order valence-electron chi connectivity index (χ4n) is 4.32. The largest absolute Gasteiger partial charge is 0.481 e. The summed E-state index contributed by atoms with van der Waals surface area (Å²) in [6, 6.07) is 1.32. The van der Waals surface area contributed by atoms with Crippen molar-refractivity contribution in [2.45, 2.75) is 69.7 Å². The second-order valence-electron chi connectivity index (χ2n) is 6.68. The Bertz CT molecular complexity index is 355. The van der Waals surface area contributed by atoms with E-state index in [0.717, 1.165) is 32.3 Å². The van der Waals surface area contributed by atoms with E-state index in [1.165, 1.54) is 6.42 Å². The maximum atomic E-state index is 11.3. The van der Waals surface area contributed by atoms with Crippen molar-refractivity contribution in [3.8, 4) is 0 Å². The van der Waals surface area contributed by atoms with Gasteiger partial charge in [0.25, 0.3) is 0 Å². The van der Waals surface area contributed by atoms with E-state index in [2.05, 4.69) is 18.7 Å². The molecule has 1 N–H and O–H groups in total. The van der Waals surface area contributed by atoms with E-state index < -0.39 is 5.97 Å². The molecule has 102 valence electrons.